The maximum atomic E-state index is 12.3. The second kappa shape index (κ2) is 7.01. The number of aromatic nitrogens is 2. The highest BCUT2D eigenvalue weighted by atomic mass is 16.3. The summed E-state index contributed by atoms with van der Waals surface area (Å²) in [4.78, 5) is 28.2. The highest BCUT2D eigenvalue weighted by Gasteiger charge is 2.19. The smallest absolute Gasteiger partial charge is 0.274 e. The highest BCUT2D eigenvalue weighted by molar-refractivity contribution is 5.96. The number of nitrogens with one attached hydrogen (secondary N) is 2. The van der Waals surface area contributed by atoms with Gasteiger partial charge in [0.2, 0.25) is 5.88 Å². The van der Waals surface area contributed by atoms with Gasteiger partial charge < -0.3 is 20.8 Å². The van der Waals surface area contributed by atoms with E-state index in [4.69, 9.17) is 5.11 Å². The zero-order valence-corrected chi connectivity index (χ0v) is 12.2. The molecule has 0 atom stereocenters. The minimum absolute atomic E-state index is 0.00406. The van der Waals surface area contributed by atoms with Crippen molar-refractivity contribution in [2.45, 2.75) is 6.92 Å². The van der Waals surface area contributed by atoms with Crippen LogP contribution in [0.3, 0.4) is 0 Å². The third-order valence-electron chi connectivity index (χ3n) is 3.07. The number of carbonyl (C=O) groups is 1. The van der Waals surface area contributed by atoms with Gasteiger partial charge in [0.1, 0.15) is 5.65 Å². The highest BCUT2D eigenvalue weighted by Crippen LogP contribution is 2.11. The number of fused-ring (bicyclic) bond motifs is 1. The molecule has 2 aromatic rings. The SMILES string of the molecule is Cc1ccn2c(=O)c(C(=O)NCCNCCO)c(O)nc2c1. The van der Waals surface area contributed by atoms with Crippen molar-refractivity contribution in [3.63, 3.8) is 0 Å². The van der Waals surface area contributed by atoms with Crippen molar-refractivity contribution >= 4 is 11.6 Å². The largest absolute Gasteiger partial charge is 0.493 e. The first-order valence-electron chi connectivity index (χ1n) is 6.86. The molecule has 4 N–H and O–H groups in total. The lowest BCUT2D eigenvalue weighted by molar-refractivity contribution is 0.0948. The first-order valence-corrected chi connectivity index (χ1v) is 6.86. The van der Waals surface area contributed by atoms with Crippen molar-refractivity contribution in [1.29, 1.82) is 0 Å². The molecule has 0 fully saturated rings. The van der Waals surface area contributed by atoms with E-state index in [-0.39, 0.29) is 24.4 Å². The van der Waals surface area contributed by atoms with Gasteiger partial charge in [-0.05, 0) is 24.6 Å². The molecular weight excluding hydrogens is 288 g/mol. The summed E-state index contributed by atoms with van der Waals surface area (Å²) in [5, 5.41) is 23.9. The number of hydrogen-bond donors (Lipinski definition) is 4. The number of hydrogen-bond acceptors (Lipinski definition) is 6. The fourth-order valence-electron chi connectivity index (χ4n) is 1.98. The number of nitrogens with zero attached hydrogens (tertiary/aromatic N) is 2. The molecule has 0 aromatic carbocycles. The fourth-order valence-corrected chi connectivity index (χ4v) is 1.98. The molecule has 0 radical (unpaired) electrons. The van der Waals surface area contributed by atoms with Gasteiger partial charge in [-0.25, -0.2) is 0 Å². The average molecular weight is 306 g/mol. The predicted molar refractivity (Wildman–Crippen MR) is 80.2 cm³/mol. The van der Waals surface area contributed by atoms with E-state index in [0.717, 1.165) is 5.56 Å². The van der Waals surface area contributed by atoms with Crippen molar-refractivity contribution in [2.75, 3.05) is 26.2 Å². The summed E-state index contributed by atoms with van der Waals surface area (Å²) in [7, 11) is 0. The molecule has 118 valence electrons. The number of aromatic hydroxyl groups is 1. The number of amides is 1. The summed E-state index contributed by atoms with van der Waals surface area (Å²) in [6, 6.07) is 3.36. The van der Waals surface area contributed by atoms with E-state index in [1.807, 2.05) is 6.92 Å². The quantitative estimate of drug-likeness (QED) is 0.510. The predicted octanol–water partition coefficient (Wildman–Crippen LogP) is -0.980. The van der Waals surface area contributed by atoms with Crippen LogP contribution in [0.25, 0.3) is 5.65 Å². The van der Waals surface area contributed by atoms with Gasteiger partial charge in [-0.2, -0.15) is 4.98 Å². The van der Waals surface area contributed by atoms with Crippen LogP contribution < -0.4 is 16.2 Å². The monoisotopic (exact) mass is 306 g/mol. The molecule has 0 aliphatic heterocycles. The Morgan fingerprint density at radius 1 is 1.36 bits per heavy atom. The molecule has 0 spiro atoms. The Labute approximate surface area is 126 Å². The van der Waals surface area contributed by atoms with Gasteiger partial charge in [0.15, 0.2) is 5.56 Å². The van der Waals surface area contributed by atoms with E-state index in [9.17, 15) is 14.7 Å². The second-order valence-corrected chi connectivity index (χ2v) is 4.78. The van der Waals surface area contributed by atoms with Crippen LogP contribution in [-0.2, 0) is 0 Å². The third kappa shape index (κ3) is 3.41. The summed E-state index contributed by atoms with van der Waals surface area (Å²) in [5.41, 5.74) is 0.161. The first-order chi connectivity index (χ1) is 10.5. The summed E-state index contributed by atoms with van der Waals surface area (Å²) < 4.78 is 1.21. The van der Waals surface area contributed by atoms with Crippen molar-refractivity contribution in [2.24, 2.45) is 0 Å². The van der Waals surface area contributed by atoms with Crippen LogP contribution in [-0.4, -0.2) is 51.7 Å². The Bertz CT molecular complexity index is 741. The molecule has 0 saturated heterocycles. The summed E-state index contributed by atoms with van der Waals surface area (Å²) in [5.74, 6) is -1.27. The number of aliphatic hydroxyl groups is 1. The first kappa shape index (κ1) is 15.9. The molecule has 8 heteroatoms. The van der Waals surface area contributed by atoms with Crippen molar-refractivity contribution in [3.8, 4) is 5.88 Å². The second-order valence-electron chi connectivity index (χ2n) is 4.78. The Kier molecular flexibility index (Phi) is 5.08. The molecule has 0 unspecified atom stereocenters. The molecule has 0 saturated carbocycles. The van der Waals surface area contributed by atoms with E-state index in [2.05, 4.69) is 15.6 Å². The van der Waals surface area contributed by atoms with Gasteiger partial charge in [0, 0.05) is 25.8 Å². The topological polar surface area (TPSA) is 116 Å². The summed E-state index contributed by atoms with van der Waals surface area (Å²) >= 11 is 0. The lowest BCUT2D eigenvalue weighted by atomic mass is 10.2. The van der Waals surface area contributed by atoms with Crippen LogP contribution in [0.15, 0.2) is 23.1 Å². The maximum absolute atomic E-state index is 12.3. The van der Waals surface area contributed by atoms with Gasteiger partial charge in [0.05, 0.1) is 6.61 Å². The Hall–Kier alpha value is -2.45. The van der Waals surface area contributed by atoms with Gasteiger partial charge in [-0.15, -0.1) is 0 Å². The van der Waals surface area contributed by atoms with Gasteiger partial charge in [0.25, 0.3) is 11.5 Å². The van der Waals surface area contributed by atoms with E-state index in [0.29, 0.717) is 13.1 Å². The molecule has 0 bridgehead atoms. The minimum atomic E-state index is -0.684. The Morgan fingerprint density at radius 3 is 2.86 bits per heavy atom. The van der Waals surface area contributed by atoms with Crippen molar-refractivity contribution in [1.82, 2.24) is 20.0 Å². The number of aryl methyl sites for hydroxylation is 1. The maximum Gasteiger partial charge on any atom is 0.274 e. The molecular formula is C14H18N4O4. The zero-order valence-electron chi connectivity index (χ0n) is 12.2. The fraction of sp³-hybridized carbons (Fsp3) is 0.357. The number of rotatable bonds is 6. The summed E-state index contributed by atoms with van der Waals surface area (Å²) in [6.45, 7) is 2.96. The standard InChI is InChI=1S/C14H18N4O4/c1-9-2-6-18-10(8-9)17-13(21)11(14(18)22)12(20)16-4-3-15-5-7-19/h2,6,8,15,19,21H,3-5,7H2,1H3,(H,16,20). The normalized spacial score (nSPS) is 10.8. The van der Waals surface area contributed by atoms with Crippen LogP contribution in [0.2, 0.25) is 0 Å². The minimum Gasteiger partial charge on any atom is -0.493 e. The van der Waals surface area contributed by atoms with Crippen molar-refractivity contribution < 1.29 is 15.0 Å². The summed E-state index contributed by atoms with van der Waals surface area (Å²) in [6.07, 6.45) is 1.51. The lowest BCUT2D eigenvalue weighted by Crippen LogP contribution is -2.36. The molecule has 8 nitrogen and oxygen atoms in total. The van der Waals surface area contributed by atoms with E-state index in [1.54, 1.807) is 12.1 Å². The number of aliphatic hydroxyl groups excluding tert-OH is 1. The Balaban J connectivity index is 2.22. The van der Waals surface area contributed by atoms with Gasteiger partial charge >= 0.3 is 0 Å². The molecule has 2 aromatic heterocycles. The van der Waals surface area contributed by atoms with Crippen molar-refractivity contribution in [3.05, 3.63) is 39.8 Å². The lowest BCUT2D eigenvalue weighted by Gasteiger charge is -2.08. The molecule has 2 rings (SSSR count). The molecule has 0 aliphatic carbocycles. The van der Waals surface area contributed by atoms with Crippen LogP contribution >= 0.6 is 0 Å². The number of pyridine rings is 1. The van der Waals surface area contributed by atoms with Gasteiger partial charge in [-0.3, -0.25) is 14.0 Å². The van der Waals surface area contributed by atoms with E-state index in [1.165, 1.54) is 10.6 Å². The average Bonchev–Trinajstić information content (AvgIpc) is 2.46. The van der Waals surface area contributed by atoms with Crippen LogP contribution in [0.4, 0.5) is 0 Å². The molecule has 1 amide bonds. The van der Waals surface area contributed by atoms with Crippen LogP contribution in [0.1, 0.15) is 15.9 Å². The zero-order chi connectivity index (χ0) is 16.1. The third-order valence-corrected chi connectivity index (χ3v) is 3.07. The van der Waals surface area contributed by atoms with Crippen LogP contribution in [0.5, 0.6) is 5.88 Å². The van der Waals surface area contributed by atoms with Crippen LogP contribution in [0, 0.1) is 6.92 Å². The molecule has 2 heterocycles. The molecule has 0 aliphatic rings. The van der Waals surface area contributed by atoms with E-state index >= 15 is 0 Å². The Morgan fingerprint density at radius 2 is 2.14 bits per heavy atom. The van der Waals surface area contributed by atoms with E-state index < -0.39 is 17.3 Å². The van der Waals surface area contributed by atoms with Gasteiger partial charge in [-0.1, -0.05) is 0 Å². The molecule has 22 heavy (non-hydrogen) atoms. The number of carbonyl (C=O) groups excluding carboxylic acids is 1.